The van der Waals surface area contributed by atoms with Crippen LogP contribution in [0.1, 0.15) is 11.5 Å². The Morgan fingerprint density at radius 2 is 2.11 bits per heavy atom. The summed E-state index contributed by atoms with van der Waals surface area (Å²) < 4.78 is 0. The predicted molar refractivity (Wildman–Crippen MR) is 74.7 cm³/mol. The summed E-state index contributed by atoms with van der Waals surface area (Å²) in [4.78, 5) is 14.8. The molecule has 0 unspecified atom stereocenters. The Bertz CT molecular complexity index is 528. The standard InChI is InChI=1S/C14H19N5/c1-11-14(12-4-2-3-5-16-12)18-13(17-11)10-19-8-6-15-7-9-19/h2-5,15H,6-10H2,1H3,(H,17,18). The van der Waals surface area contributed by atoms with Crippen molar-refractivity contribution in [3.05, 3.63) is 35.9 Å². The van der Waals surface area contributed by atoms with E-state index in [9.17, 15) is 0 Å². The molecule has 2 aromatic heterocycles. The maximum atomic E-state index is 4.69. The number of hydrogen-bond donors (Lipinski definition) is 2. The van der Waals surface area contributed by atoms with Gasteiger partial charge in [0.2, 0.25) is 0 Å². The summed E-state index contributed by atoms with van der Waals surface area (Å²) in [6, 6.07) is 5.91. The number of nitrogens with one attached hydrogen (secondary N) is 2. The second-order valence-electron chi connectivity index (χ2n) is 4.90. The lowest BCUT2D eigenvalue weighted by molar-refractivity contribution is 0.228. The Balaban J connectivity index is 1.77. The quantitative estimate of drug-likeness (QED) is 0.867. The van der Waals surface area contributed by atoms with Gasteiger partial charge in [0.1, 0.15) is 11.5 Å². The Labute approximate surface area is 113 Å². The van der Waals surface area contributed by atoms with Crippen LogP contribution in [-0.4, -0.2) is 46.0 Å². The predicted octanol–water partition coefficient (Wildman–Crippen LogP) is 1.19. The first-order valence-electron chi connectivity index (χ1n) is 6.73. The largest absolute Gasteiger partial charge is 0.344 e. The van der Waals surface area contributed by atoms with Gasteiger partial charge in [-0.05, 0) is 19.1 Å². The molecule has 0 amide bonds. The topological polar surface area (TPSA) is 56.8 Å². The second kappa shape index (κ2) is 5.50. The van der Waals surface area contributed by atoms with Crippen molar-refractivity contribution in [2.75, 3.05) is 26.2 Å². The molecule has 3 heterocycles. The first-order valence-corrected chi connectivity index (χ1v) is 6.73. The first-order chi connectivity index (χ1) is 9.33. The third kappa shape index (κ3) is 2.83. The van der Waals surface area contributed by atoms with Crippen molar-refractivity contribution in [1.29, 1.82) is 0 Å². The van der Waals surface area contributed by atoms with Gasteiger partial charge in [0.25, 0.3) is 0 Å². The molecule has 100 valence electrons. The fourth-order valence-electron chi connectivity index (χ4n) is 2.43. The van der Waals surface area contributed by atoms with E-state index in [0.29, 0.717) is 0 Å². The fourth-order valence-corrected chi connectivity index (χ4v) is 2.43. The van der Waals surface area contributed by atoms with E-state index in [2.05, 4.69) is 27.1 Å². The number of aryl methyl sites for hydroxylation is 1. The molecular weight excluding hydrogens is 238 g/mol. The minimum absolute atomic E-state index is 0.884. The lowest BCUT2D eigenvalue weighted by atomic mass is 10.2. The Kier molecular flexibility index (Phi) is 3.57. The Morgan fingerprint density at radius 3 is 2.84 bits per heavy atom. The van der Waals surface area contributed by atoms with Crippen LogP contribution in [0.25, 0.3) is 11.4 Å². The molecule has 1 aliphatic rings. The highest BCUT2D eigenvalue weighted by Crippen LogP contribution is 2.18. The molecule has 0 atom stereocenters. The number of nitrogens with zero attached hydrogens (tertiary/aromatic N) is 3. The van der Waals surface area contributed by atoms with Crippen LogP contribution in [-0.2, 0) is 6.54 Å². The normalized spacial score (nSPS) is 16.7. The van der Waals surface area contributed by atoms with Gasteiger partial charge < -0.3 is 10.3 Å². The van der Waals surface area contributed by atoms with E-state index in [1.165, 1.54) is 0 Å². The molecule has 0 spiro atoms. The van der Waals surface area contributed by atoms with Crippen LogP contribution < -0.4 is 5.32 Å². The fraction of sp³-hybridized carbons (Fsp3) is 0.429. The van der Waals surface area contributed by atoms with Gasteiger partial charge in [0.15, 0.2) is 0 Å². The molecule has 0 bridgehead atoms. The van der Waals surface area contributed by atoms with Crippen molar-refractivity contribution in [3.63, 3.8) is 0 Å². The maximum absolute atomic E-state index is 4.69. The highest BCUT2D eigenvalue weighted by atomic mass is 15.2. The van der Waals surface area contributed by atoms with E-state index in [4.69, 9.17) is 4.98 Å². The van der Waals surface area contributed by atoms with E-state index in [-0.39, 0.29) is 0 Å². The number of hydrogen-bond acceptors (Lipinski definition) is 4. The summed E-state index contributed by atoms with van der Waals surface area (Å²) in [6.07, 6.45) is 1.80. The molecule has 0 aliphatic carbocycles. The lowest BCUT2D eigenvalue weighted by Crippen LogP contribution is -2.43. The van der Waals surface area contributed by atoms with E-state index in [1.54, 1.807) is 6.20 Å². The second-order valence-corrected chi connectivity index (χ2v) is 4.90. The van der Waals surface area contributed by atoms with E-state index >= 15 is 0 Å². The van der Waals surface area contributed by atoms with Crippen LogP contribution in [0.3, 0.4) is 0 Å². The van der Waals surface area contributed by atoms with Gasteiger partial charge in [-0.2, -0.15) is 0 Å². The molecule has 5 nitrogen and oxygen atoms in total. The smallest absolute Gasteiger partial charge is 0.121 e. The van der Waals surface area contributed by atoms with Crippen LogP contribution in [0.15, 0.2) is 24.4 Å². The minimum Gasteiger partial charge on any atom is -0.344 e. The molecule has 0 radical (unpaired) electrons. The van der Waals surface area contributed by atoms with E-state index in [1.807, 2.05) is 18.2 Å². The average Bonchev–Trinajstić information content (AvgIpc) is 2.82. The molecular formula is C14H19N5. The Hall–Kier alpha value is -1.72. The highest BCUT2D eigenvalue weighted by Gasteiger charge is 2.14. The van der Waals surface area contributed by atoms with Gasteiger partial charge in [-0.3, -0.25) is 9.88 Å². The van der Waals surface area contributed by atoms with Crippen LogP contribution in [0.5, 0.6) is 0 Å². The van der Waals surface area contributed by atoms with Gasteiger partial charge in [-0.25, -0.2) is 4.98 Å². The number of piperazine rings is 1. The van der Waals surface area contributed by atoms with Crippen molar-refractivity contribution in [3.8, 4) is 11.4 Å². The number of H-pyrrole nitrogens is 1. The number of pyridine rings is 1. The molecule has 0 aromatic carbocycles. The van der Waals surface area contributed by atoms with Gasteiger partial charge in [-0.1, -0.05) is 6.07 Å². The van der Waals surface area contributed by atoms with Crippen molar-refractivity contribution >= 4 is 0 Å². The summed E-state index contributed by atoms with van der Waals surface area (Å²) in [5, 5.41) is 3.36. The molecule has 2 N–H and O–H groups in total. The molecule has 3 rings (SSSR count). The zero-order valence-electron chi connectivity index (χ0n) is 11.2. The molecule has 1 fully saturated rings. The van der Waals surface area contributed by atoms with Crippen molar-refractivity contribution in [2.24, 2.45) is 0 Å². The van der Waals surface area contributed by atoms with Crippen molar-refractivity contribution in [2.45, 2.75) is 13.5 Å². The summed E-state index contributed by atoms with van der Waals surface area (Å²) in [5.74, 6) is 1.03. The van der Waals surface area contributed by atoms with E-state index in [0.717, 1.165) is 55.6 Å². The molecule has 0 saturated carbocycles. The van der Waals surface area contributed by atoms with Crippen LogP contribution >= 0.6 is 0 Å². The SMILES string of the molecule is Cc1[nH]c(CN2CCNCC2)nc1-c1ccccn1. The number of aromatic amines is 1. The Morgan fingerprint density at radius 1 is 1.26 bits per heavy atom. The molecule has 5 heteroatoms. The summed E-state index contributed by atoms with van der Waals surface area (Å²) >= 11 is 0. The minimum atomic E-state index is 0.884. The average molecular weight is 257 g/mol. The van der Waals surface area contributed by atoms with Crippen LogP contribution in [0.2, 0.25) is 0 Å². The third-order valence-electron chi connectivity index (χ3n) is 3.42. The molecule has 1 saturated heterocycles. The van der Waals surface area contributed by atoms with Crippen LogP contribution in [0, 0.1) is 6.92 Å². The maximum Gasteiger partial charge on any atom is 0.121 e. The monoisotopic (exact) mass is 257 g/mol. The first kappa shape index (κ1) is 12.3. The summed E-state index contributed by atoms with van der Waals surface area (Å²) in [6.45, 7) is 7.23. The van der Waals surface area contributed by atoms with Gasteiger partial charge in [0.05, 0.1) is 12.2 Å². The summed E-state index contributed by atoms with van der Waals surface area (Å²) in [7, 11) is 0. The van der Waals surface area contributed by atoms with Crippen LogP contribution in [0.4, 0.5) is 0 Å². The zero-order chi connectivity index (χ0) is 13.1. The molecule has 1 aliphatic heterocycles. The van der Waals surface area contributed by atoms with E-state index < -0.39 is 0 Å². The summed E-state index contributed by atoms with van der Waals surface area (Å²) in [5.41, 5.74) is 2.98. The lowest BCUT2D eigenvalue weighted by Gasteiger charge is -2.26. The highest BCUT2D eigenvalue weighted by molar-refractivity contribution is 5.56. The van der Waals surface area contributed by atoms with Gasteiger partial charge in [-0.15, -0.1) is 0 Å². The zero-order valence-corrected chi connectivity index (χ0v) is 11.2. The van der Waals surface area contributed by atoms with Crippen molar-refractivity contribution < 1.29 is 0 Å². The van der Waals surface area contributed by atoms with Gasteiger partial charge in [0, 0.05) is 38.1 Å². The van der Waals surface area contributed by atoms with Crippen molar-refractivity contribution in [1.82, 2.24) is 25.2 Å². The molecule has 19 heavy (non-hydrogen) atoms. The number of imidazole rings is 1. The number of aromatic nitrogens is 3. The number of rotatable bonds is 3. The van der Waals surface area contributed by atoms with Gasteiger partial charge >= 0.3 is 0 Å². The third-order valence-corrected chi connectivity index (χ3v) is 3.42. The molecule has 2 aromatic rings.